The number of methoxy groups -OCH3 is 1. The number of hydrogen-bond acceptors (Lipinski definition) is 4. The van der Waals surface area contributed by atoms with E-state index >= 15 is 0 Å². The fraction of sp³-hybridized carbons (Fsp3) is 0.538. The molecule has 2 unspecified atom stereocenters. The van der Waals surface area contributed by atoms with Gasteiger partial charge in [0.05, 0.1) is 11.8 Å². The van der Waals surface area contributed by atoms with Crippen LogP contribution >= 0.6 is 0 Å². The van der Waals surface area contributed by atoms with Crippen LogP contribution < -0.4 is 5.73 Å². The van der Waals surface area contributed by atoms with Gasteiger partial charge in [-0.25, -0.2) is 4.98 Å². The first-order valence-corrected chi connectivity index (χ1v) is 6.16. The molecule has 2 atom stereocenters. The standard InChI is InChI=1S/C13H19N3O2/c1-9-5-7-16(8-11(9)18-2)13(17)12-10(14)4-3-6-15-12/h3-4,6,9,11H,5,7-8,14H2,1-2H3. The van der Waals surface area contributed by atoms with Crippen molar-refractivity contribution in [3.8, 4) is 0 Å². The zero-order chi connectivity index (χ0) is 13.1. The van der Waals surface area contributed by atoms with Crippen LogP contribution in [0.2, 0.25) is 0 Å². The van der Waals surface area contributed by atoms with E-state index in [1.54, 1.807) is 30.3 Å². The number of aromatic nitrogens is 1. The number of nitrogens with zero attached hydrogens (tertiary/aromatic N) is 2. The van der Waals surface area contributed by atoms with Gasteiger partial charge in [-0.05, 0) is 24.5 Å². The molecule has 5 heteroatoms. The quantitative estimate of drug-likeness (QED) is 0.854. The molecule has 18 heavy (non-hydrogen) atoms. The van der Waals surface area contributed by atoms with E-state index in [0.29, 0.717) is 23.8 Å². The molecule has 0 aliphatic carbocycles. The summed E-state index contributed by atoms with van der Waals surface area (Å²) in [6, 6.07) is 3.42. The Morgan fingerprint density at radius 1 is 1.61 bits per heavy atom. The molecule has 5 nitrogen and oxygen atoms in total. The minimum absolute atomic E-state index is 0.0904. The molecule has 0 bridgehead atoms. The monoisotopic (exact) mass is 249 g/mol. The zero-order valence-electron chi connectivity index (χ0n) is 10.8. The SMILES string of the molecule is COC1CN(C(=O)c2ncccc2N)CCC1C. The first-order valence-electron chi connectivity index (χ1n) is 6.16. The van der Waals surface area contributed by atoms with E-state index in [1.807, 2.05) is 0 Å². The van der Waals surface area contributed by atoms with Crippen LogP contribution in [0.1, 0.15) is 23.8 Å². The van der Waals surface area contributed by atoms with E-state index in [9.17, 15) is 4.79 Å². The average molecular weight is 249 g/mol. The van der Waals surface area contributed by atoms with Gasteiger partial charge in [0.15, 0.2) is 5.69 Å². The summed E-state index contributed by atoms with van der Waals surface area (Å²) < 4.78 is 5.40. The Hall–Kier alpha value is -1.62. The second kappa shape index (κ2) is 5.35. The predicted molar refractivity (Wildman–Crippen MR) is 69.1 cm³/mol. The first kappa shape index (κ1) is 12.8. The summed E-state index contributed by atoms with van der Waals surface area (Å²) in [6.07, 6.45) is 2.62. The van der Waals surface area contributed by atoms with Crippen molar-refractivity contribution in [3.63, 3.8) is 0 Å². The highest BCUT2D eigenvalue weighted by Gasteiger charge is 2.30. The Kier molecular flexibility index (Phi) is 3.81. The summed E-state index contributed by atoms with van der Waals surface area (Å²) in [5.74, 6) is 0.363. The van der Waals surface area contributed by atoms with Crippen molar-refractivity contribution >= 4 is 11.6 Å². The molecular formula is C13H19N3O2. The van der Waals surface area contributed by atoms with Gasteiger partial charge in [-0.15, -0.1) is 0 Å². The van der Waals surface area contributed by atoms with E-state index in [1.165, 1.54) is 0 Å². The summed E-state index contributed by atoms with van der Waals surface area (Å²) in [4.78, 5) is 18.2. The minimum Gasteiger partial charge on any atom is -0.397 e. The van der Waals surface area contributed by atoms with Crippen LogP contribution in [0.5, 0.6) is 0 Å². The van der Waals surface area contributed by atoms with Crippen LogP contribution in [0.15, 0.2) is 18.3 Å². The molecule has 2 N–H and O–H groups in total. The van der Waals surface area contributed by atoms with E-state index in [0.717, 1.165) is 13.0 Å². The molecule has 1 aromatic heterocycles. The lowest BCUT2D eigenvalue weighted by atomic mass is 9.95. The molecule has 0 saturated carbocycles. The summed E-state index contributed by atoms with van der Waals surface area (Å²) in [5.41, 5.74) is 6.54. The Labute approximate surface area is 107 Å². The van der Waals surface area contributed by atoms with Crippen molar-refractivity contribution in [2.24, 2.45) is 5.92 Å². The maximum Gasteiger partial charge on any atom is 0.274 e. The van der Waals surface area contributed by atoms with Gasteiger partial charge in [-0.2, -0.15) is 0 Å². The van der Waals surface area contributed by atoms with Gasteiger partial charge >= 0.3 is 0 Å². The van der Waals surface area contributed by atoms with Crippen LogP contribution in [-0.2, 0) is 4.74 Å². The Morgan fingerprint density at radius 3 is 3.06 bits per heavy atom. The Morgan fingerprint density at radius 2 is 2.39 bits per heavy atom. The second-order valence-electron chi connectivity index (χ2n) is 4.73. The number of ether oxygens (including phenoxy) is 1. The maximum atomic E-state index is 12.3. The molecule has 1 amide bonds. The van der Waals surface area contributed by atoms with E-state index < -0.39 is 0 Å². The van der Waals surface area contributed by atoms with Gasteiger partial charge in [-0.3, -0.25) is 4.79 Å². The molecule has 0 spiro atoms. The maximum absolute atomic E-state index is 12.3. The van der Waals surface area contributed by atoms with Crippen LogP contribution in [0.4, 0.5) is 5.69 Å². The number of amides is 1. The van der Waals surface area contributed by atoms with Crippen LogP contribution in [0, 0.1) is 5.92 Å². The van der Waals surface area contributed by atoms with Gasteiger partial charge in [0.2, 0.25) is 0 Å². The lowest BCUT2D eigenvalue weighted by Crippen LogP contribution is -2.47. The largest absolute Gasteiger partial charge is 0.397 e. The number of nitrogen functional groups attached to an aromatic ring is 1. The molecule has 0 radical (unpaired) electrons. The number of hydrogen-bond donors (Lipinski definition) is 1. The van der Waals surface area contributed by atoms with Crippen molar-refractivity contribution in [3.05, 3.63) is 24.0 Å². The third-order valence-electron chi connectivity index (χ3n) is 3.52. The highest BCUT2D eigenvalue weighted by molar-refractivity contribution is 5.97. The van der Waals surface area contributed by atoms with Crippen molar-refractivity contribution in [2.45, 2.75) is 19.4 Å². The van der Waals surface area contributed by atoms with Crippen LogP contribution in [0.3, 0.4) is 0 Å². The van der Waals surface area contributed by atoms with Gasteiger partial charge in [0.1, 0.15) is 0 Å². The number of carbonyl (C=O) groups is 1. The molecule has 1 aliphatic rings. The number of likely N-dealkylation sites (tertiary alicyclic amines) is 1. The topological polar surface area (TPSA) is 68.5 Å². The number of carbonyl (C=O) groups excluding carboxylic acids is 1. The van der Waals surface area contributed by atoms with E-state index in [4.69, 9.17) is 10.5 Å². The normalized spacial score (nSPS) is 24.0. The van der Waals surface area contributed by atoms with Gasteiger partial charge < -0.3 is 15.4 Å². The van der Waals surface area contributed by atoms with E-state index in [-0.39, 0.29) is 12.0 Å². The molecule has 98 valence electrons. The Balaban J connectivity index is 2.13. The van der Waals surface area contributed by atoms with Crippen molar-refractivity contribution in [1.82, 2.24) is 9.88 Å². The number of anilines is 1. The smallest absolute Gasteiger partial charge is 0.274 e. The van der Waals surface area contributed by atoms with Gasteiger partial charge in [0, 0.05) is 26.4 Å². The minimum atomic E-state index is -0.109. The number of rotatable bonds is 2. The number of nitrogens with two attached hydrogens (primary N) is 1. The molecular weight excluding hydrogens is 230 g/mol. The number of piperidine rings is 1. The lowest BCUT2D eigenvalue weighted by Gasteiger charge is -2.36. The average Bonchev–Trinajstić information content (AvgIpc) is 2.39. The van der Waals surface area contributed by atoms with Crippen LogP contribution in [0.25, 0.3) is 0 Å². The Bertz CT molecular complexity index is 436. The molecule has 2 rings (SSSR count). The second-order valence-corrected chi connectivity index (χ2v) is 4.73. The van der Waals surface area contributed by atoms with Gasteiger partial charge in [-0.1, -0.05) is 6.92 Å². The molecule has 1 saturated heterocycles. The summed E-state index contributed by atoms with van der Waals surface area (Å²) in [5, 5.41) is 0. The van der Waals surface area contributed by atoms with Crippen LogP contribution in [-0.4, -0.2) is 42.1 Å². The predicted octanol–water partition coefficient (Wildman–Crippen LogP) is 1.16. The summed E-state index contributed by atoms with van der Waals surface area (Å²) in [7, 11) is 1.68. The van der Waals surface area contributed by atoms with Crippen molar-refractivity contribution < 1.29 is 9.53 Å². The fourth-order valence-corrected chi connectivity index (χ4v) is 2.27. The third kappa shape index (κ3) is 2.46. The summed E-state index contributed by atoms with van der Waals surface area (Å²) in [6.45, 7) is 3.48. The zero-order valence-corrected chi connectivity index (χ0v) is 10.8. The molecule has 1 aliphatic heterocycles. The molecule has 2 heterocycles. The third-order valence-corrected chi connectivity index (χ3v) is 3.52. The lowest BCUT2D eigenvalue weighted by molar-refractivity contribution is -0.00173. The highest BCUT2D eigenvalue weighted by Crippen LogP contribution is 2.21. The molecule has 0 aromatic carbocycles. The highest BCUT2D eigenvalue weighted by atomic mass is 16.5. The molecule has 1 fully saturated rings. The van der Waals surface area contributed by atoms with Gasteiger partial charge in [0.25, 0.3) is 5.91 Å². The fourth-order valence-electron chi connectivity index (χ4n) is 2.27. The summed E-state index contributed by atoms with van der Waals surface area (Å²) >= 11 is 0. The van der Waals surface area contributed by atoms with Crippen molar-refractivity contribution in [1.29, 1.82) is 0 Å². The first-order chi connectivity index (χ1) is 8.63. The molecule has 1 aromatic rings. The number of pyridine rings is 1. The van der Waals surface area contributed by atoms with Crippen molar-refractivity contribution in [2.75, 3.05) is 25.9 Å². The van der Waals surface area contributed by atoms with E-state index in [2.05, 4.69) is 11.9 Å².